The SMILES string of the molecule is CO[C@@]12[C@@H](C)CC(=O)C[C@@]13CCN(CC1CC1)[C@@H]2Cc1ccc(O)cc13.Cl. The number of rotatable bonds is 3. The van der Waals surface area contributed by atoms with Crippen LogP contribution in [0, 0.1) is 11.8 Å². The predicted molar refractivity (Wildman–Crippen MR) is 107 cm³/mol. The van der Waals surface area contributed by atoms with Crippen LogP contribution in [-0.2, 0) is 21.4 Å². The van der Waals surface area contributed by atoms with Crippen molar-refractivity contribution < 1.29 is 14.6 Å². The first-order valence-electron chi connectivity index (χ1n) is 10.1. The van der Waals surface area contributed by atoms with Gasteiger partial charge in [-0.2, -0.15) is 0 Å². The van der Waals surface area contributed by atoms with Crippen molar-refractivity contribution in [2.45, 2.75) is 62.5 Å². The second kappa shape index (κ2) is 6.47. The molecule has 0 amide bonds. The summed E-state index contributed by atoms with van der Waals surface area (Å²) in [4.78, 5) is 15.4. The quantitative estimate of drug-likeness (QED) is 0.857. The molecule has 1 saturated heterocycles. The number of nitrogens with zero attached hydrogens (tertiary/aromatic N) is 1. The lowest BCUT2D eigenvalue weighted by atomic mass is 9.46. The van der Waals surface area contributed by atoms with E-state index in [0.717, 1.165) is 25.3 Å². The van der Waals surface area contributed by atoms with Crippen LogP contribution in [0.3, 0.4) is 0 Å². The molecule has 1 aromatic rings. The maximum absolute atomic E-state index is 12.7. The number of ketones is 1. The van der Waals surface area contributed by atoms with Crippen LogP contribution in [0.4, 0.5) is 0 Å². The molecule has 4 aliphatic rings. The van der Waals surface area contributed by atoms with E-state index in [4.69, 9.17) is 4.74 Å². The van der Waals surface area contributed by atoms with E-state index in [-0.39, 0.29) is 29.3 Å². The molecule has 2 bridgehead atoms. The fourth-order valence-corrected chi connectivity index (χ4v) is 6.70. The van der Waals surface area contributed by atoms with Crippen LogP contribution in [0.5, 0.6) is 5.75 Å². The van der Waals surface area contributed by atoms with Gasteiger partial charge < -0.3 is 9.84 Å². The third-order valence-corrected chi connectivity index (χ3v) is 7.82. The monoisotopic (exact) mass is 391 g/mol. The zero-order valence-electron chi connectivity index (χ0n) is 16.2. The highest BCUT2D eigenvalue weighted by molar-refractivity contribution is 5.85. The number of carbonyl (C=O) groups excluding carboxylic acids is 1. The number of benzene rings is 1. The van der Waals surface area contributed by atoms with Gasteiger partial charge >= 0.3 is 0 Å². The Morgan fingerprint density at radius 1 is 1.30 bits per heavy atom. The summed E-state index contributed by atoms with van der Waals surface area (Å²) < 4.78 is 6.45. The number of phenolic OH excluding ortho intramolecular Hbond substituents is 1. The van der Waals surface area contributed by atoms with Crippen molar-refractivity contribution in [3.63, 3.8) is 0 Å². The van der Waals surface area contributed by atoms with Gasteiger partial charge in [0, 0.05) is 38.0 Å². The Morgan fingerprint density at radius 2 is 2.07 bits per heavy atom. The Morgan fingerprint density at radius 3 is 2.78 bits per heavy atom. The third-order valence-electron chi connectivity index (χ3n) is 7.82. The standard InChI is InChI=1S/C22H29NO3.ClH/c1-14-9-18(25)12-21-7-8-23(13-15-3-4-15)20(22(14,21)26-2)10-16-5-6-17(24)11-19(16)21;/h5-6,11,14-15,20,24H,3-4,7-10,12-13H2,1-2H3;1H/t14-,20+,21+,22+;/m0./s1. The van der Waals surface area contributed by atoms with Gasteiger partial charge in [0.05, 0.1) is 5.60 Å². The first kappa shape index (κ1) is 19.2. The van der Waals surface area contributed by atoms with E-state index in [9.17, 15) is 9.90 Å². The van der Waals surface area contributed by atoms with E-state index < -0.39 is 0 Å². The molecule has 1 aliphatic heterocycles. The maximum Gasteiger partial charge on any atom is 0.134 e. The van der Waals surface area contributed by atoms with Crippen molar-refractivity contribution in [1.82, 2.24) is 4.90 Å². The molecule has 2 saturated carbocycles. The van der Waals surface area contributed by atoms with E-state index in [1.165, 1.54) is 30.5 Å². The summed E-state index contributed by atoms with van der Waals surface area (Å²) in [5.74, 6) is 1.68. The van der Waals surface area contributed by atoms with E-state index in [2.05, 4.69) is 17.9 Å². The van der Waals surface area contributed by atoms with Gasteiger partial charge in [0.15, 0.2) is 0 Å². The van der Waals surface area contributed by atoms with Crippen LogP contribution in [0.15, 0.2) is 18.2 Å². The summed E-state index contributed by atoms with van der Waals surface area (Å²) >= 11 is 0. The lowest BCUT2D eigenvalue weighted by Gasteiger charge is -2.67. The second-order valence-electron chi connectivity index (χ2n) is 9.15. The van der Waals surface area contributed by atoms with Gasteiger partial charge in [0.25, 0.3) is 0 Å². The molecule has 1 N–H and O–H groups in total. The Labute approximate surface area is 167 Å². The molecule has 3 aliphatic carbocycles. The van der Waals surface area contributed by atoms with Gasteiger partial charge in [-0.05, 0) is 67.3 Å². The molecule has 148 valence electrons. The van der Waals surface area contributed by atoms with Gasteiger partial charge in [-0.15, -0.1) is 12.4 Å². The highest BCUT2D eigenvalue weighted by Crippen LogP contribution is 2.61. The molecule has 27 heavy (non-hydrogen) atoms. The molecule has 0 radical (unpaired) electrons. The largest absolute Gasteiger partial charge is 0.508 e. The summed E-state index contributed by atoms with van der Waals surface area (Å²) in [5, 5.41) is 10.2. The van der Waals surface area contributed by atoms with Gasteiger partial charge in [-0.1, -0.05) is 13.0 Å². The number of hydrogen-bond donors (Lipinski definition) is 1. The summed E-state index contributed by atoms with van der Waals surface area (Å²) in [7, 11) is 1.85. The predicted octanol–water partition coefficient (Wildman–Crippen LogP) is 3.48. The van der Waals surface area contributed by atoms with Gasteiger partial charge in [0.1, 0.15) is 11.5 Å². The second-order valence-corrected chi connectivity index (χ2v) is 9.15. The molecule has 0 unspecified atom stereocenters. The molecule has 5 rings (SSSR count). The van der Waals surface area contributed by atoms with Crippen molar-refractivity contribution in [1.29, 1.82) is 0 Å². The highest BCUT2D eigenvalue weighted by atomic mass is 35.5. The van der Waals surface area contributed by atoms with E-state index in [0.29, 0.717) is 30.4 Å². The number of Topliss-reactive ketones (excluding diaryl/α,β-unsaturated/α-hetero) is 1. The molecule has 0 spiro atoms. The number of fused-ring (bicyclic) bond motifs is 1. The number of halogens is 1. The van der Waals surface area contributed by atoms with Crippen LogP contribution < -0.4 is 0 Å². The smallest absolute Gasteiger partial charge is 0.134 e. The van der Waals surface area contributed by atoms with Gasteiger partial charge in [0.2, 0.25) is 0 Å². The Hall–Kier alpha value is -1.10. The van der Waals surface area contributed by atoms with E-state index in [1.807, 2.05) is 13.2 Å². The topological polar surface area (TPSA) is 49.8 Å². The minimum atomic E-state index is -0.338. The molecule has 0 aromatic heterocycles. The van der Waals surface area contributed by atoms with Crippen molar-refractivity contribution in [2.75, 3.05) is 20.2 Å². The third kappa shape index (κ3) is 2.53. The number of piperidine rings is 1. The van der Waals surface area contributed by atoms with Crippen LogP contribution in [0.25, 0.3) is 0 Å². The zero-order chi connectivity index (χ0) is 18.1. The highest BCUT2D eigenvalue weighted by Gasteiger charge is 2.68. The number of hydrogen-bond acceptors (Lipinski definition) is 4. The summed E-state index contributed by atoms with van der Waals surface area (Å²) in [6, 6.07) is 6.11. The Kier molecular flexibility index (Phi) is 4.60. The molecular formula is C22H30ClNO3. The van der Waals surface area contributed by atoms with E-state index in [1.54, 1.807) is 6.07 Å². The van der Waals surface area contributed by atoms with Crippen LogP contribution in [0.2, 0.25) is 0 Å². The van der Waals surface area contributed by atoms with Crippen molar-refractivity contribution >= 4 is 18.2 Å². The first-order valence-corrected chi connectivity index (χ1v) is 10.1. The molecule has 3 fully saturated rings. The number of aromatic hydroxyl groups is 1. The Balaban J connectivity index is 0.00000180. The van der Waals surface area contributed by atoms with E-state index >= 15 is 0 Å². The number of likely N-dealkylation sites (tertiary alicyclic amines) is 1. The molecular weight excluding hydrogens is 362 g/mol. The van der Waals surface area contributed by atoms with Gasteiger partial charge in [-0.3, -0.25) is 9.69 Å². The molecule has 1 heterocycles. The molecule has 4 atom stereocenters. The number of methoxy groups -OCH3 is 1. The van der Waals surface area contributed by atoms with Gasteiger partial charge in [-0.25, -0.2) is 0 Å². The maximum atomic E-state index is 12.7. The summed E-state index contributed by atoms with van der Waals surface area (Å²) in [6.07, 6.45) is 5.76. The first-order chi connectivity index (χ1) is 12.5. The van der Waals surface area contributed by atoms with Crippen molar-refractivity contribution in [3.05, 3.63) is 29.3 Å². The fraction of sp³-hybridized carbons (Fsp3) is 0.682. The lowest BCUT2D eigenvalue weighted by Crippen LogP contribution is -2.76. The normalized spacial score (nSPS) is 37.9. The average molecular weight is 392 g/mol. The number of ether oxygens (including phenoxy) is 1. The average Bonchev–Trinajstić information content (AvgIpc) is 3.42. The summed E-state index contributed by atoms with van der Waals surface area (Å²) in [5.41, 5.74) is 1.83. The fourth-order valence-electron chi connectivity index (χ4n) is 6.70. The Bertz CT molecular complexity index is 764. The minimum Gasteiger partial charge on any atom is -0.508 e. The van der Waals surface area contributed by atoms with Crippen LogP contribution >= 0.6 is 12.4 Å². The lowest BCUT2D eigenvalue weighted by molar-refractivity contribution is -0.210. The van der Waals surface area contributed by atoms with Crippen molar-refractivity contribution in [2.24, 2.45) is 11.8 Å². The van der Waals surface area contributed by atoms with Crippen molar-refractivity contribution in [3.8, 4) is 5.75 Å². The molecule has 5 heteroatoms. The zero-order valence-corrected chi connectivity index (χ0v) is 17.1. The number of phenols is 1. The molecule has 4 nitrogen and oxygen atoms in total. The summed E-state index contributed by atoms with van der Waals surface area (Å²) in [6.45, 7) is 4.40. The molecule has 1 aromatic carbocycles. The van der Waals surface area contributed by atoms with Crippen LogP contribution in [0.1, 0.15) is 50.2 Å². The van der Waals surface area contributed by atoms with Crippen LogP contribution in [-0.4, -0.2) is 47.6 Å². The minimum absolute atomic E-state index is 0. The number of carbonyl (C=O) groups is 1.